The van der Waals surface area contributed by atoms with E-state index in [9.17, 15) is 0 Å². The molecule has 1 N–H and O–H groups in total. The van der Waals surface area contributed by atoms with Crippen molar-refractivity contribution in [3.05, 3.63) is 66.6 Å². The first-order valence-corrected chi connectivity index (χ1v) is 12.2. The third-order valence-electron chi connectivity index (χ3n) is 6.47. The molecule has 2 aromatic heterocycles. The average Bonchev–Trinajstić information content (AvgIpc) is 3.53. The highest BCUT2D eigenvalue weighted by Crippen LogP contribution is 2.35. The van der Waals surface area contributed by atoms with Crippen LogP contribution < -0.4 is 19.8 Å². The molecule has 2 aromatic carbocycles. The zero-order valence-corrected chi connectivity index (χ0v) is 21.8. The van der Waals surface area contributed by atoms with E-state index < -0.39 is 0 Å². The molecule has 0 saturated carbocycles. The van der Waals surface area contributed by atoms with Crippen molar-refractivity contribution < 1.29 is 9.47 Å². The first kappa shape index (κ1) is 24.5. The summed E-state index contributed by atoms with van der Waals surface area (Å²) in [7, 11) is 5.30. The Balaban J connectivity index is 1.54. The number of nitrogens with one attached hydrogen (secondary N) is 1. The molecule has 10 nitrogen and oxygen atoms in total. The van der Waals surface area contributed by atoms with Gasteiger partial charge < -0.3 is 19.4 Å². The number of ether oxygens (including phenoxy) is 2. The van der Waals surface area contributed by atoms with E-state index in [1.807, 2.05) is 60.3 Å². The molecular formula is C27H32N8O2. The molecule has 10 heteroatoms. The number of hydrazine groups is 1. The second-order valence-corrected chi connectivity index (χ2v) is 9.30. The number of aromatic nitrogens is 5. The molecule has 5 rings (SSSR count). The molecule has 37 heavy (non-hydrogen) atoms. The fourth-order valence-electron chi connectivity index (χ4n) is 4.49. The van der Waals surface area contributed by atoms with E-state index in [0.29, 0.717) is 0 Å². The summed E-state index contributed by atoms with van der Waals surface area (Å²) < 4.78 is 13.1. The molecule has 0 aliphatic carbocycles. The number of rotatable bonds is 9. The zero-order valence-electron chi connectivity index (χ0n) is 21.8. The Morgan fingerprint density at radius 1 is 1.03 bits per heavy atom. The Bertz CT molecular complexity index is 1410. The minimum atomic E-state index is 0.260. The van der Waals surface area contributed by atoms with Crippen LogP contribution in [0, 0.1) is 12.8 Å². The molecule has 0 radical (unpaired) electrons. The van der Waals surface area contributed by atoms with Gasteiger partial charge in [-0.15, -0.1) is 0 Å². The van der Waals surface area contributed by atoms with Crippen LogP contribution in [0.25, 0.3) is 16.6 Å². The van der Waals surface area contributed by atoms with Gasteiger partial charge in [-0.2, -0.15) is 5.10 Å². The second kappa shape index (κ2) is 10.4. The van der Waals surface area contributed by atoms with Gasteiger partial charge in [0.25, 0.3) is 0 Å². The minimum absolute atomic E-state index is 0.260. The lowest BCUT2D eigenvalue weighted by atomic mass is 10.1. The summed E-state index contributed by atoms with van der Waals surface area (Å²) in [6.07, 6.45) is 5.48. The van der Waals surface area contributed by atoms with E-state index in [1.54, 1.807) is 20.5 Å². The van der Waals surface area contributed by atoms with Gasteiger partial charge in [-0.25, -0.2) is 15.4 Å². The molecule has 0 saturated heterocycles. The molecular weight excluding hydrogens is 468 g/mol. The van der Waals surface area contributed by atoms with Crippen LogP contribution in [0.4, 0.5) is 11.4 Å². The van der Waals surface area contributed by atoms with Crippen LogP contribution in [-0.2, 0) is 6.54 Å². The highest BCUT2D eigenvalue weighted by atomic mass is 16.5. The van der Waals surface area contributed by atoms with E-state index in [4.69, 9.17) is 14.5 Å². The maximum atomic E-state index is 5.57. The van der Waals surface area contributed by atoms with Gasteiger partial charge in [0.15, 0.2) is 0 Å². The van der Waals surface area contributed by atoms with Crippen LogP contribution in [0.5, 0.6) is 11.5 Å². The third-order valence-corrected chi connectivity index (χ3v) is 6.47. The van der Waals surface area contributed by atoms with Crippen molar-refractivity contribution in [3.8, 4) is 11.5 Å². The number of hydrogen-bond donors (Lipinski definition) is 1. The molecule has 192 valence electrons. The normalized spacial score (nSPS) is 14.1. The summed E-state index contributed by atoms with van der Waals surface area (Å²) in [6.45, 7) is 6.38. The van der Waals surface area contributed by atoms with Gasteiger partial charge in [-0.1, -0.05) is 6.92 Å². The molecule has 0 spiro atoms. The highest BCUT2D eigenvalue weighted by molar-refractivity contribution is 5.82. The van der Waals surface area contributed by atoms with Crippen molar-refractivity contribution in [2.75, 3.05) is 39.3 Å². The van der Waals surface area contributed by atoms with Crippen LogP contribution >= 0.6 is 0 Å². The molecule has 4 aromatic rings. The summed E-state index contributed by atoms with van der Waals surface area (Å²) in [5.74, 6) is 2.62. The molecule has 0 amide bonds. The van der Waals surface area contributed by atoms with Gasteiger partial charge in [0.05, 0.1) is 37.1 Å². The maximum Gasteiger partial charge on any atom is 0.138 e. The van der Waals surface area contributed by atoms with Crippen LogP contribution in [0.3, 0.4) is 0 Å². The number of aryl methyl sites for hydroxylation is 1. The molecule has 1 aliphatic heterocycles. The molecule has 1 atom stereocenters. The fourth-order valence-corrected chi connectivity index (χ4v) is 4.49. The molecule has 0 bridgehead atoms. The SMILES string of the molecule is COc1cc(OC)cc(N(CC(C)Cn2ncnc2C)c2ccc3ncc(C4=CN(C)NC4)nc3c2)c1. The smallest absolute Gasteiger partial charge is 0.138 e. The standard InChI is InChI=1S/C27H32N8O2/c1-18(15-35-19(2)29-17-31-35)14-34(22-8-23(36-4)11-24(9-22)37-5)21-6-7-25-26(10-21)32-27(13-28-25)20-12-30-33(3)16-20/h6-11,13,16-18,30H,12,14-15H2,1-5H3. The molecule has 3 heterocycles. The number of hydrogen-bond acceptors (Lipinski definition) is 9. The predicted octanol–water partition coefficient (Wildman–Crippen LogP) is 3.81. The van der Waals surface area contributed by atoms with Crippen molar-refractivity contribution in [1.82, 2.24) is 35.2 Å². The summed E-state index contributed by atoms with van der Waals surface area (Å²) in [5, 5.41) is 6.31. The lowest BCUT2D eigenvalue weighted by Crippen LogP contribution is -2.27. The first-order chi connectivity index (χ1) is 17.9. The Hall–Kier alpha value is -4.18. The Morgan fingerprint density at radius 2 is 1.81 bits per heavy atom. The van der Waals surface area contributed by atoms with E-state index in [-0.39, 0.29) is 5.92 Å². The maximum absolute atomic E-state index is 5.57. The lowest BCUT2D eigenvalue weighted by molar-refractivity contribution is 0.374. The summed E-state index contributed by atoms with van der Waals surface area (Å²) in [5.41, 5.74) is 8.89. The topological polar surface area (TPSA) is 93.5 Å². The van der Waals surface area contributed by atoms with Gasteiger partial charge in [0.1, 0.15) is 23.7 Å². The number of nitrogens with zero attached hydrogens (tertiary/aromatic N) is 7. The quantitative estimate of drug-likeness (QED) is 0.368. The predicted molar refractivity (Wildman–Crippen MR) is 144 cm³/mol. The minimum Gasteiger partial charge on any atom is -0.497 e. The summed E-state index contributed by atoms with van der Waals surface area (Å²) >= 11 is 0. The number of anilines is 2. The third kappa shape index (κ3) is 5.34. The lowest BCUT2D eigenvalue weighted by Gasteiger charge is -2.29. The van der Waals surface area contributed by atoms with Crippen molar-refractivity contribution >= 4 is 28.0 Å². The monoisotopic (exact) mass is 500 g/mol. The van der Waals surface area contributed by atoms with Crippen LogP contribution in [-0.4, -0.2) is 64.1 Å². The fraction of sp³-hybridized carbons (Fsp3) is 0.333. The van der Waals surface area contributed by atoms with Crippen molar-refractivity contribution in [1.29, 1.82) is 0 Å². The number of methoxy groups -OCH3 is 2. The first-order valence-electron chi connectivity index (χ1n) is 12.2. The van der Waals surface area contributed by atoms with Crippen LogP contribution in [0.2, 0.25) is 0 Å². The second-order valence-electron chi connectivity index (χ2n) is 9.30. The van der Waals surface area contributed by atoms with Crippen molar-refractivity contribution in [2.24, 2.45) is 5.92 Å². The van der Waals surface area contributed by atoms with E-state index in [1.165, 1.54) is 0 Å². The largest absolute Gasteiger partial charge is 0.497 e. The van der Waals surface area contributed by atoms with Gasteiger partial charge in [0.2, 0.25) is 0 Å². The Morgan fingerprint density at radius 3 is 2.46 bits per heavy atom. The average molecular weight is 501 g/mol. The summed E-state index contributed by atoms with van der Waals surface area (Å²) in [6, 6.07) is 12.1. The Labute approximate surface area is 216 Å². The molecule has 1 unspecified atom stereocenters. The van der Waals surface area contributed by atoms with Gasteiger partial charge in [-0.3, -0.25) is 9.67 Å². The van der Waals surface area contributed by atoms with E-state index >= 15 is 0 Å². The highest BCUT2D eigenvalue weighted by Gasteiger charge is 2.19. The van der Waals surface area contributed by atoms with E-state index in [0.717, 1.165) is 70.6 Å². The van der Waals surface area contributed by atoms with Crippen molar-refractivity contribution in [3.63, 3.8) is 0 Å². The van der Waals surface area contributed by atoms with Crippen LogP contribution in [0.1, 0.15) is 18.4 Å². The number of fused-ring (bicyclic) bond motifs is 1. The molecule has 0 fully saturated rings. The Kier molecular flexibility index (Phi) is 6.91. The molecule has 1 aliphatic rings. The van der Waals surface area contributed by atoms with Crippen LogP contribution in [0.15, 0.2) is 55.1 Å². The summed E-state index contributed by atoms with van der Waals surface area (Å²) in [4.78, 5) is 16.2. The van der Waals surface area contributed by atoms with Gasteiger partial charge >= 0.3 is 0 Å². The number of benzene rings is 2. The van der Waals surface area contributed by atoms with E-state index in [2.05, 4.69) is 44.4 Å². The van der Waals surface area contributed by atoms with Gasteiger partial charge in [-0.05, 0) is 31.0 Å². The zero-order chi connectivity index (χ0) is 25.9. The van der Waals surface area contributed by atoms with Gasteiger partial charge in [0, 0.05) is 68.0 Å². The van der Waals surface area contributed by atoms with Crippen molar-refractivity contribution in [2.45, 2.75) is 20.4 Å².